The summed E-state index contributed by atoms with van der Waals surface area (Å²) in [6.07, 6.45) is 1.77. The molecule has 0 rings (SSSR count). The molecule has 0 aromatic rings. The molecular formula is C6H16MgOSi. The van der Waals surface area contributed by atoms with Gasteiger partial charge in [0.2, 0.25) is 0 Å². The van der Waals surface area contributed by atoms with Crippen molar-refractivity contribution in [2.24, 2.45) is 0 Å². The Morgan fingerprint density at radius 2 is 1.89 bits per heavy atom. The summed E-state index contributed by atoms with van der Waals surface area (Å²) >= 11 is 0. The Morgan fingerprint density at radius 1 is 1.44 bits per heavy atom. The van der Waals surface area contributed by atoms with Gasteiger partial charge in [-0.2, -0.15) is 0 Å². The molecule has 0 spiro atoms. The Bertz CT molecular complexity index is 85.1. The summed E-state index contributed by atoms with van der Waals surface area (Å²) in [6, 6.07) is 1.14. The van der Waals surface area contributed by atoms with Crippen molar-refractivity contribution in [3.8, 4) is 0 Å². The van der Waals surface area contributed by atoms with Gasteiger partial charge in [0.15, 0.2) is 0 Å². The number of carbonyl (C=O) groups is 1. The van der Waals surface area contributed by atoms with Crippen molar-refractivity contribution in [3.63, 3.8) is 0 Å². The van der Waals surface area contributed by atoms with Crippen LogP contribution in [0.25, 0.3) is 0 Å². The zero-order valence-corrected chi connectivity index (χ0v) is 9.02. The van der Waals surface area contributed by atoms with Crippen molar-refractivity contribution in [1.29, 1.82) is 0 Å². The Morgan fingerprint density at radius 3 is 2.00 bits per heavy atom. The quantitative estimate of drug-likeness (QED) is 0.450. The van der Waals surface area contributed by atoms with Gasteiger partial charge in [-0.05, 0) is 0 Å². The first kappa shape index (κ1) is 12.3. The summed E-state index contributed by atoms with van der Waals surface area (Å²) in [4.78, 5) is 9.87. The smallest absolute Gasteiger partial charge is 1.00 e. The summed E-state index contributed by atoms with van der Waals surface area (Å²) in [6.45, 7) is 6.82. The fraction of sp³-hybridized carbons (Fsp3) is 0.833. The van der Waals surface area contributed by atoms with Gasteiger partial charge in [0.05, 0.1) is 0 Å². The average Bonchev–Trinajstić information content (AvgIpc) is 1.59. The van der Waals surface area contributed by atoms with Crippen LogP contribution in [-0.2, 0) is 4.79 Å². The SMILES string of the molecule is C[Si](C)(C)CCC=O.[H-].[H-].[Mg+2]. The molecule has 0 fully saturated rings. The maximum absolute atomic E-state index is 9.87. The first-order valence-corrected chi connectivity index (χ1v) is 6.70. The van der Waals surface area contributed by atoms with Gasteiger partial charge in [0.25, 0.3) is 0 Å². The molecule has 0 aliphatic carbocycles. The van der Waals surface area contributed by atoms with Crippen LogP contribution in [-0.4, -0.2) is 37.4 Å². The Balaban J connectivity index is -0.0000000817. The molecule has 0 N–H and O–H groups in total. The number of carbonyl (C=O) groups excluding carboxylic acids is 1. The van der Waals surface area contributed by atoms with Gasteiger partial charge >= 0.3 is 23.1 Å². The molecule has 9 heavy (non-hydrogen) atoms. The van der Waals surface area contributed by atoms with Crippen molar-refractivity contribution in [3.05, 3.63) is 0 Å². The van der Waals surface area contributed by atoms with Crippen LogP contribution in [0.4, 0.5) is 0 Å². The van der Waals surface area contributed by atoms with Gasteiger partial charge in [-0.25, -0.2) is 0 Å². The third-order valence-electron chi connectivity index (χ3n) is 1.01. The van der Waals surface area contributed by atoms with Crippen LogP contribution in [0.1, 0.15) is 9.27 Å². The average molecular weight is 157 g/mol. The molecule has 0 heterocycles. The zero-order chi connectivity index (χ0) is 6.62. The predicted molar refractivity (Wildman–Crippen MR) is 46.8 cm³/mol. The summed E-state index contributed by atoms with van der Waals surface area (Å²) in [5.41, 5.74) is 0. The minimum absolute atomic E-state index is 0. The molecule has 0 aromatic carbocycles. The van der Waals surface area contributed by atoms with Gasteiger partial charge in [-0.15, -0.1) is 0 Å². The molecule has 0 unspecified atom stereocenters. The molecule has 0 radical (unpaired) electrons. The molecule has 52 valence electrons. The van der Waals surface area contributed by atoms with E-state index in [1.165, 1.54) is 0 Å². The van der Waals surface area contributed by atoms with Crippen molar-refractivity contribution < 1.29 is 7.65 Å². The van der Waals surface area contributed by atoms with E-state index in [2.05, 4.69) is 19.6 Å². The zero-order valence-electron chi connectivity index (χ0n) is 8.61. The molecule has 0 saturated heterocycles. The van der Waals surface area contributed by atoms with E-state index in [1.807, 2.05) is 0 Å². The van der Waals surface area contributed by atoms with E-state index in [0.29, 0.717) is 0 Å². The summed E-state index contributed by atoms with van der Waals surface area (Å²) in [5.74, 6) is 0. The van der Waals surface area contributed by atoms with E-state index in [-0.39, 0.29) is 25.9 Å². The third-order valence-corrected chi connectivity index (χ3v) is 2.80. The molecular weight excluding hydrogens is 140 g/mol. The van der Waals surface area contributed by atoms with Crippen LogP contribution in [0.5, 0.6) is 0 Å². The Kier molecular flexibility index (Phi) is 7.46. The summed E-state index contributed by atoms with van der Waals surface area (Å²) in [5, 5.41) is 0. The number of rotatable bonds is 3. The predicted octanol–water partition coefficient (Wildman–Crippen LogP) is 1.76. The normalized spacial score (nSPS) is 10.1. The molecule has 3 heteroatoms. The van der Waals surface area contributed by atoms with E-state index < -0.39 is 8.07 Å². The first-order chi connectivity index (χ1) is 3.56. The maximum Gasteiger partial charge on any atom is 2.00 e. The minimum atomic E-state index is -0.909. The van der Waals surface area contributed by atoms with Crippen LogP contribution >= 0.6 is 0 Å². The number of hydrogen-bond donors (Lipinski definition) is 0. The molecule has 1 nitrogen and oxygen atoms in total. The second kappa shape index (κ2) is 5.44. The molecule has 0 saturated carbocycles. The van der Waals surface area contributed by atoms with E-state index >= 15 is 0 Å². The van der Waals surface area contributed by atoms with Crippen molar-refractivity contribution in [1.82, 2.24) is 0 Å². The fourth-order valence-electron chi connectivity index (χ4n) is 0.492. The molecule has 0 bridgehead atoms. The Hall–Kier alpha value is 0.653. The van der Waals surface area contributed by atoms with E-state index in [9.17, 15) is 4.79 Å². The minimum Gasteiger partial charge on any atom is -1.00 e. The van der Waals surface area contributed by atoms with Crippen molar-refractivity contribution in [2.45, 2.75) is 32.1 Å². The second-order valence-corrected chi connectivity index (χ2v) is 8.89. The topological polar surface area (TPSA) is 17.1 Å². The van der Waals surface area contributed by atoms with Crippen LogP contribution in [0.3, 0.4) is 0 Å². The van der Waals surface area contributed by atoms with Gasteiger partial charge in [-0.1, -0.05) is 25.7 Å². The largest absolute Gasteiger partial charge is 2.00 e. The second-order valence-electron chi connectivity index (χ2n) is 3.27. The van der Waals surface area contributed by atoms with Gasteiger partial charge in [0.1, 0.15) is 6.29 Å². The third kappa shape index (κ3) is 12.0. The molecule has 0 aliphatic heterocycles. The molecule has 0 atom stereocenters. The van der Waals surface area contributed by atoms with Gasteiger partial charge < -0.3 is 7.65 Å². The van der Waals surface area contributed by atoms with Crippen LogP contribution in [0, 0.1) is 0 Å². The van der Waals surface area contributed by atoms with Crippen LogP contribution in [0.2, 0.25) is 25.7 Å². The summed E-state index contributed by atoms with van der Waals surface area (Å²) < 4.78 is 0. The monoisotopic (exact) mass is 156 g/mol. The summed E-state index contributed by atoms with van der Waals surface area (Å²) in [7, 11) is -0.909. The molecule has 0 amide bonds. The fourth-order valence-corrected chi connectivity index (χ4v) is 1.48. The first-order valence-electron chi connectivity index (χ1n) is 3.00. The van der Waals surface area contributed by atoms with Crippen LogP contribution in [0.15, 0.2) is 0 Å². The van der Waals surface area contributed by atoms with E-state index in [0.717, 1.165) is 18.8 Å². The van der Waals surface area contributed by atoms with E-state index in [4.69, 9.17) is 0 Å². The molecule has 0 aromatic heterocycles. The van der Waals surface area contributed by atoms with E-state index in [1.54, 1.807) is 0 Å². The standard InChI is InChI=1S/C6H14OSi.Mg.2H/c1-8(2,3)6-4-5-7;;;/h5H,4,6H2,1-3H3;;;/q;+2;2*-1. The van der Waals surface area contributed by atoms with Crippen LogP contribution < -0.4 is 0 Å². The molecule has 0 aliphatic rings. The van der Waals surface area contributed by atoms with Gasteiger partial charge in [-0.3, -0.25) is 0 Å². The van der Waals surface area contributed by atoms with Gasteiger partial charge in [0, 0.05) is 14.5 Å². The van der Waals surface area contributed by atoms with Crippen molar-refractivity contribution >= 4 is 37.4 Å². The number of aldehydes is 1. The maximum atomic E-state index is 9.87. The Labute approximate surface area is 77.3 Å². The van der Waals surface area contributed by atoms with Crippen molar-refractivity contribution in [2.75, 3.05) is 0 Å². The number of hydrogen-bond acceptors (Lipinski definition) is 1.